The van der Waals surface area contributed by atoms with E-state index in [1.54, 1.807) is 32.6 Å². The number of anilines is 1. The molecule has 0 saturated heterocycles. The van der Waals surface area contributed by atoms with Crippen LogP contribution in [-0.2, 0) is 0 Å². The van der Waals surface area contributed by atoms with Crippen LogP contribution in [0.1, 0.15) is 18.9 Å². The SMILES string of the molecule is CNC(=O)Nc1nc2cc(-c3cnc(C(C)O)nc3)cc(-c3ccccn3)c2s1. The Morgan fingerprint density at radius 3 is 2.59 bits per heavy atom. The predicted octanol–water partition coefficient (Wildman–Crippen LogP) is 3.62. The molecule has 1 unspecified atom stereocenters. The van der Waals surface area contributed by atoms with Crippen molar-refractivity contribution in [1.82, 2.24) is 25.3 Å². The van der Waals surface area contributed by atoms with Crippen LogP contribution in [0.5, 0.6) is 0 Å². The highest BCUT2D eigenvalue weighted by atomic mass is 32.1. The zero-order valence-corrected chi connectivity index (χ0v) is 16.6. The summed E-state index contributed by atoms with van der Waals surface area (Å²) in [6.45, 7) is 1.62. The first kappa shape index (κ1) is 18.9. The number of fused-ring (bicyclic) bond motifs is 1. The minimum atomic E-state index is -0.729. The molecule has 0 aliphatic heterocycles. The third-order valence-corrected chi connectivity index (χ3v) is 5.28. The van der Waals surface area contributed by atoms with E-state index in [4.69, 9.17) is 0 Å². The highest BCUT2D eigenvalue weighted by Gasteiger charge is 2.15. The number of aliphatic hydroxyl groups excluding tert-OH is 1. The van der Waals surface area contributed by atoms with Crippen molar-refractivity contribution in [3.05, 3.63) is 54.7 Å². The van der Waals surface area contributed by atoms with Gasteiger partial charge in [-0.1, -0.05) is 17.4 Å². The first-order chi connectivity index (χ1) is 14.0. The van der Waals surface area contributed by atoms with Crippen LogP contribution < -0.4 is 10.6 Å². The summed E-state index contributed by atoms with van der Waals surface area (Å²) < 4.78 is 0.917. The van der Waals surface area contributed by atoms with Gasteiger partial charge in [0.25, 0.3) is 0 Å². The first-order valence-corrected chi connectivity index (χ1v) is 9.72. The predicted molar refractivity (Wildman–Crippen MR) is 113 cm³/mol. The summed E-state index contributed by atoms with van der Waals surface area (Å²) in [5.74, 6) is 0.366. The van der Waals surface area contributed by atoms with Gasteiger partial charge in [0.15, 0.2) is 11.0 Å². The number of carbonyl (C=O) groups excluding carboxylic acids is 1. The summed E-state index contributed by atoms with van der Waals surface area (Å²) in [4.78, 5) is 29.2. The normalized spacial score (nSPS) is 12.0. The van der Waals surface area contributed by atoms with E-state index in [0.717, 1.165) is 32.6 Å². The van der Waals surface area contributed by atoms with Gasteiger partial charge in [-0.25, -0.2) is 19.7 Å². The van der Waals surface area contributed by atoms with Gasteiger partial charge in [0.2, 0.25) is 0 Å². The highest BCUT2D eigenvalue weighted by molar-refractivity contribution is 7.22. The van der Waals surface area contributed by atoms with Gasteiger partial charge < -0.3 is 10.4 Å². The Balaban J connectivity index is 1.86. The maximum atomic E-state index is 11.7. The van der Waals surface area contributed by atoms with Gasteiger partial charge in [-0.3, -0.25) is 10.3 Å². The Bertz CT molecular complexity index is 1160. The minimum Gasteiger partial charge on any atom is -0.385 e. The molecular formula is C20H18N6O2S. The standard InChI is InChI=1S/C20H18N6O2S/c1-11(27)18-23-9-13(10-24-18)12-7-14(15-5-3-4-6-22-15)17-16(8-12)25-20(29-17)26-19(28)21-2/h3-11,27H,1-2H3,(H2,21,25,26,28). The van der Waals surface area contributed by atoms with Crippen molar-refractivity contribution < 1.29 is 9.90 Å². The smallest absolute Gasteiger partial charge is 0.320 e. The number of nitrogens with zero attached hydrogens (tertiary/aromatic N) is 4. The van der Waals surface area contributed by atoms with Crippen LogP contribution in [0.15, 0.2) is 48.9 Å². The number of pyridine rings is 1. The summed E-state index contributed by atoms with van der Waals surface area (Å²) in [6, 6.07) is 9.31. The summed E-state index contributed by atoms with van der Waals surface area (Å²) in [5.41, 5.74) is 4.10. The number of amides is 2. The highest BCUT2D eigenvalue weighted by Crippen LogP contribution is 2.37. The third kappa shape index (κ3) is 3.91. The number of hydrogen-bond donors (Lipinski definition) is 3. The van der Waals surface area contributed by atoms with Crippen molar-refractivity contribution in [3.8, 4) is 22.4 Å². The fourth-order valence-corrected chi connectivity index (χ4v) is 3.79. The molecule has 0 saturated carbocycles. The Morgan fingerprint density at radius 2 is 1.93 bits per heavy atom. The van der Waals surface area contributed by atoms with E-state index >= 15 is 0 Å². The molecule has 0 aliphatic rings. The lowest BCUT2D eigenvalue weighted by Gasteiger charge is -2.08. The number of nitrogens with one attached hydrogen (secondary N) is 2. The maximum absolute atomic E-state index is 11.7. The molecule has 3 aromatic heterocycles. The fraction of sp³-hybridized carbons (Fsp3) is 0.150. The molecule has 4 aromatic rings. The van der Waals surface area contributed by atoms with Crippen molar-refractivity contribution in [2.24, 2.45) is 0 Å². The van der Waals surface area contributed by atoms with Crippen LogP contribution >= 0.6 is 11.3 Å². The minimum absolute atomic E-state index is 0.328. The number of aromatic nitrogens is 4. The van der Waals surface area contributed by atoms with Crippen LogP contribution in [0.4, 0.5) is 9.93 Å². The second-order valence-electron chi connectivity index (χ2n) is 6.32. The third-order valence-electron chi connectivity index (χ3n) is 4.26. The van der Waals surface area contributed by atoms with Crippen LogP contribution in [0.25, 0.3) is 32.6 Å². The topological polar surface area (TPSA) is 113 Å². The van der Waals surface area contributed by atoms with Crippen molar-refractivity contribution in [2.75, 3.05) is 12.4 Å². The molecular weight excluding hydrogens is 388 g/mol. The summed E-state index contributed by atoms with van der Waals surface area (Å²) in [7, 11) is 1.55. The number of aliphatic hydroxyl groups is 1. The van der Waals surface area contributed by atoms with Crippen molar-refractivity contribution in [3.63, 3.8) is 0 Å². The van der Waals surface area contributed by atoms with E-state index < -0.39 is 6.10 Å². The second-order valence-corrected chi connectivity index (χ2v) is 7.32. The van der Waals surface area contributed by atoms with Gasteiger partial charge in [0, 0.05) is 36.8 Å². The van der Waals surface area contributed by atoms with Gasteiger partial charge in [0.1, 0.15) is 6.10 Å². The van der Waals surface area contributed by atoms with E-state index in [1.165, 1.54) is 11.3 Å². The molecule has 0 bridgehead atoms. The lowest BCUT2D eigenvalue weighted by Crippen LogP contribution is -2.24. The Hall–Kier alpha value is -3.43. The summed E-state index contributed by atoms with van der Waals surface area (Å²) in [6.07, 6.45) is 4.36. The maximum Gasteiger partial charge on any atom is 0.320 e. The van der Waals surface area contributed by atoms with Crippen LogP contribution in [0.2, 0.25) is 0 Å². The lowest BCUT2D eigenvalue weighted by atomic mass is 10.0. The second kappa shape index (κ2) is 7.90. The molecule has 0 aliphatic carbocycles. The first-order valence-electron chi connectivity index (χ1n) is 8.90. The quantitative estimate of drug-likeness (QED) is 0.477. The molecule has 29 heavy (non-hydrogen) atoms. The number of thiazole rings is 1. The van der Waals surface area contributed by atoms with E-state index in [9.17, 15) is 9.90 Å². The van der Waals surface area contributed by atoms with E-state index in [2.05, 4.69) is 30.6 Å². The number of hydrogen-bond acceptors (Lipinski definition) is 7. The zero-order valence-electron chi connectivity index (χ0n) is 15.7. The monoisotopic (exact) mass is 406 g/mol. The van der Waals surface area contributed by atoms with E-state index in [1.807, 2.05) is 30.3 Å². The molecule has 1 atom stereocenters. The fourth-order valence-electron chi connectivity index (χ4n) is 2.83. The number of carbonyl (C=O) groups is 1. The Labute approximate surface area is 170 Å². The van der Waals surface area contributed by atoms with Crippen molar-refractivity contribution in [1.29, 1.82) is 0 Å². The van der Waals surface area contributed by atoms with E-state index in [-0.39, 0.29) is 6.03 Å². The van der Waals surface area contributed by atoms with Gasteiger partial charge >= 0.3 is 6.03 Å². The molecule has 0 radical (unpaired) electrons. The van der Waals surface area contributed by atoms with Gasteiger partial charge in [0.05, 0.1) is 15.9 Å². The van der Waals surface area contributed by atoms with Crippen LogP contribution in [0.3, 0.4) is 0 Å². The molecule has 2 amide bonds. The lowest BCUT2D eigenvalue weighted by molar-refractivity contribution is 0.189. The number of rotatable bonds is 4. The van der Waals surface area contributed by atoms with Crippen LogP contribution in [0, 0.1) is 0 Å². The average Bonchev–Trinajstić information content (AvgIpc) is 3.15. The summed E-state index contributed by atoms with van der Waals surface area (Å²) in [5, 5.41) is 15.4. The Morgan fingerprint density at radius 1 is 1.14 bits per heavy atom. The van der Waals surface area contributed by atoms with Crippen molar-refractivity contribution >= 4 is 32.7 Å². The Kier molecular flexibility index (Phi) is 5.15. The largest absolute Gasteiger partial charge is 0.385 e. The molecule has 3 heterocycles. The van der Waals surface area contributed by atoms with Gasteiger partial charge in [-0.2, -0.15) is 0 Å². The molecule has 0 spiro atoms. The molecule has 1 aromatic carbocycles. The molecule has 8 nitrogen and oxygen atoms in total. The number of benzene rings is 1. The molecule has 146 valence electrons. The zero-order chi connectivity index (χ0) is 20.4. The molecule has 0 fully saturated rings. The average molecular weight is 406 g/mol. The molecule has 3 N–H and O–H groups in total. The summed E-state index contributed by atoms with van der Waals surface area (Å²) >= 11 is 1.39. The molecule has 4 rings (SSSR count). The number of urea groups is 1. The van der Waals surface area contributed by atoms with E-state index in [0.29, 0.717) is 11.0 Å². The van der Waals surface area contributed by atoms with Crippen LogP contribution in [-0.4, -0.2) is 38.1 Å². The molecule has 9 heteroatoms. The van der Waals surface area contributed by atoms with Crippen molar-refractivity contribution in [2.45, 2.75) is 13.0 Å². The van der Waals surface area contributed by atoms with Gasteiger partial charge in [-0.15, -0.1) is 0 Å². The van der Waals surface area contributed by atoms with Gasteiger partial charge in [-0.05, 0) is 36.8 Å².